The van der Waals surface area contributed by atoms with Crippen LogP contribution in [0.2, 0.25) is 0 Å². The number of aromatic nitrogens is 1. The van der Waals surface area contributed by atoms with E-state index in [4.69, 9.17) is 0 Å². The van der Waals surface area contributed by atoms with Crippen molar-refractivity contribution in [1.29, 1.82) is 0 Å². The number of hydrogen-bond acceptors (Lipinski definition) is 5. The molecule has 1 saturated heterocycles. The van der Waals surface area contributed by atoms with Crippen LogP contribution in [-0.2, 0) is 9.84 Å². The second kappa shape index (κ2) is 5.72. The molecule has 23 heavy (non-hydrogen) atoms. The summed E-state index contributed by atoms with van der Waals surface area (Å²) in [6, 6.07) is 7.51. The van der Waals surface area contributed by atoms with E-state index >= 15 is 0 Å². The van der Waals surface area contributed by atoms with Gasteiger partial charge in [-0.1, -0.05) is 6.07 Å². The third-order valence-corrected chi connectivity index (χ3v) is 6.82. The van der Waals surface area contributed by atoms with E-state index in [1.807, 2.05) is 23.6 Å². The number of aryl methyl sites for hydroxylation is 1. The molecule has 0 aliphatic carbocycles. The van der Waals surface area contributed by atoms with Crippen molar-refractivity contribution in [2.45, 2.75) is 25.8 Å². The predicted molar refractivity (Wildman–Crippen MR) is 91.4 cm³/mol. The van der Waals surface area contributed by atoms with Gasteiger partial charge in [0.05, 0.1) is 38.9 Å². The van der Waals surface area contributed by atoms with Crippen LogP contribution in [0.25, 0.3) is 10.6 Å². The highest BCUT2D eigenvalue weighted by Gasteiger charge is 2.39. The molecule has 2 aromatic rings. The Hall–Kier alpha value is -1.73. The summed E-state index contributed by atoms with van der Waals surface area (Å²) < 4.78 is 23.3. The fourth-order valence-corrected chi connectivity index (χ4v) is 5.60. The maximum atomic E-state index is 12.5. The molecule has 3 rings (SSSR count). The Labute approximate surface area is 139 Å². The molecule has 0 spiro atoms. The molecular weight excluding hydrogens is 332 g/mol. The van der Waals surface area contributed by atoms with Crippen LogP contribution < -0.4 is 5.32 Å². The van der Waals surface area contributed by atoms with Crippen molar-refractivity contribution in [3.8, 4) is 10.6 Å². The first-order valence-electron chi connectivity index (χ1n) is 7.32. The summed E-state index contributed by atoms with van der Waals surface area (Å²) in [6.07, 6.45) is 0.445. The van der Waals surface area contributed by atoms with E-state index in [2.05, 4.69) is 10.3 Å². The van der Waals surface area contributed by atoms with Crippen LogP contribution in [0, 0.1) is 6.92 Å². The lowest BCUT2D eigenvalue weighted by Gasteiger charge is -2.24. The smallest absolute Gasteiger partial charge is 0.253 e. The van der Waals surface area contributed by atoms with E-state index < -0.39 is 15.4 Å². The Bertz CT molecular complexity index is 844. The van der Waals surface area contributed by atoms with E-state index in [-0.39, 0.29) is 17.4 Å². The molecule has 1 amide bonds. The Morgan fingerprint density at radius 2 is 2.13 bits per heavy atom. The van der Waals surface area contributed by atoms with Crippen LogP contribution in [-0.4, -0.2) is 36.4 Å². The summed E-state index contributed by atoms with van der Waals surface area (Å²) in [4.78, 5) is 18.0. The molecule has 1 unspecified atom stereocenters. The monoisotopic (exact) mass is 350 g/mol. The first-order valence-corrected chi connectivity index (χ1v) is 10.0. The van der Waals surface area contributed by atoms with Gasteiger partial charge in [-0.3, -0.25) is 9.78 Å². The average Bonchev–Trinajstić information content (AvgIpc) is 3.06. The van der Waals surface area contributed by atoms with Gasteiger partial charge in [-0.2, -0.15) is 0 Å². The molecule has 5 nitrogen and oxygen atoms in total. The second-order valence-corrected chi connectivity index (χ2v) is 9.30. The van der Waals surface area contributed by atoms with Gasteiger partial charge in [0.1, 0.15) is 0 Å². The standard InChI is InChI=1S/C16H18N2O3S2/c1-11-12(5-6-13(17-11)14-4-3-8-22-14)15(19)18-16(2)7-9-23(20,21)10-16/h3-6,8H,7,9-10H2,1-2H3,(H,18,19). The molecule has 3 heterocycles. The van der Waals surface area contributed by atoms with Crippen LogP contribution in [0.15, 0.2) is 29.6 Å². The molecule has 0 saturated carbocycles. The fourth-order valence-electron chi connectivity index (χ4n) is 2.81. The van der Waals surface area contributed by atoms with Crippen LogP contribution in [0.3, 0.4) is 0 Å². The maximum absolute atomic E-state index is 12.5. The van der Waals surface area contributed by atoms with Gasteiger partial charge in [0, 0.05) is 0 Å². The topological polar surface area (TPSA) is 76.1 Å². The van der Waals surface area contributed by atoms with E-state index in [1.165, 1.54) is 0 Å². The van der Waals surface area contributed by atoms with Crippen molar-refractivity contribution in [2.75, 3.05) is 11.5 Å². The molecule has 1 fully saturated rings. The van der Waals surface area contributed by atoms with Crippen molar-refractivity contribution in [1.82, 2.24) is 10.3 Å². The fraction of sp³-hybridized carbons (Fsp3) is 0.375. The largest absolute Gasteiger partial charge is 0.346 e. The number of rotatable bonds is 3. The molecule has 0 radical (unpaired) electrons. The molecule has 1 aliphatic heterocycles. The SMILES string of the molecule is Cc1nc(-c2cccs2)ccc1C(=O)NC1(C)CCS(=O)(=O)C1. The third kappa shape index (κ3) is 3.45. The molecule has 2 aromatic heterocycles. The minimum absolute atomic E-state index is 0.00844. The highest BCUT2D eigenvalue weighted by molar-refractivity contribution is 7.91. The summed E-state index contributed by atoms with van der Waals surface area (Å²) in [6.45, 7) is 3.57. The number of hydrogen-bond donors (Lipinski definition) is 1. The van der Waals surface area contributed by atoms with E-state index in [9.17, 15) is 13.2 Å². The minimum Gasteiger partial charge on any atom is -0.346 e. The summed E-state index contributed by atoms with van der Waals surface area (Å²) in [7, 11) is -3.06. The molecule has 0 bridgehead atoms. The summed E-state index contributed by atoms with van der Waals surface area (Å²) in [5.41, 5.74) is 1.26. The number of carbonyl (C=O) groups excluding carboxylic acids is 1. The first-order chi connectivity index (χ1) is 10.8. The lowest BCUT2D eigenvalue weighted by molar-refractivity contribution is 0.0914. The molecule has 122 valence electrons. The molecule has 0 aromatic carbocycles. The van der Waals surface area contributed by atoms with E-state index in [1.54, 1.807) is 31.3 Å². The minimum atomic E-state index is -3.06. The maximum Gasteiger partial charge on any atom is 0.253 e. The number of sulfone groups is 1. The van der Waals surface area contributed by atoms with Gasteiger partial charge >= 0.3 is 0 Å². The molecular formula is C16H18N2O3S2. The Morgan fingerprint density at radius 1 is 1.35 bits per heavy atom. The van der Waals surface area contributed by atoms with Gasteiger partial charge in [-0.15, -0.1) is 11.3 Å². The Kier molecular flexibility index (Phi) is 4.01. The van der Waals surface area contributed by atoms with Crippen LogP contribution in [0.5, 0.6) is 0 Å². The predicted octanol–water partition coefficient (Wildman–Crippen LogP) is 2.43. The molecule has 1 N–H and O–H groups in total. The molecule has 1 atom stereocenters. The van der Waals surface area contributed by atoms with Crippen molar-refractivity contribution < 1.29 is 13.2 Å². The second-order valence-electron chi connectivity index (χ2n) is 6.16. The zero-order valence-electron chi connectivity index (χ0n) is 13.0. The number of carbonyl (C=O) groups is 1. The number of amides is 1. The molecule has 1 aliphatic rings. The summed E-state index contributed by atoms with van der Waals surface area (Å²) >= 11 is 1.59. The van der Waals surface area contributed by atoms with Gasteiger partial charge in [0.15, 0.2) is 9.84 Å². The zero-order chi connectivity index (χ0) is 16.7. The van der Waals surface area contributed by atoms with Crippen molar-refractivity contribution in [2.24, 2.45) is 0 Å². The summed E-state index contributed by atoms with van der Waals surface area (Å²) in [5.74, 6) is -0.156. The first kappa shape index (κ1) is 16.1. The van der Waals surface area contributed by atoms with Crippen LogP contribution >= 0.6 is 11.3 Å². The van der Waals surface area contributed by atoms with Gasteiger partial charge in [0.25, 0.3) is 5.91 Å². The van der Waals surface area contributed by atoms with Gasteiger partial charge < -0.3 is 5.32 Å². The van der Waals surface area contributed by atoms with Crippen LogP contribution in [0.4, 0.5) is 0 Å². The number of pyridine rings is 1. The Balaban J connectivity index is 1.81. The van der Waals surface area contributed by atoms with Gasteiger partial charge in [-0.25, -0.2) is 8.42 Å². The van der Waals surface area contributed by atoms with Gasteiger partial charge in [-0.05, 0) is 43.8 Å². The van der Waals surface area contributed by atoms with Gasteiger partial charge in [0.2, 0.25) is 0 Å². The number of thiophene rings is 1. The quantitative estimate of drug-likeness (QED) is 0.922. The van der Waals surface area contributed by atoms with E-state index in [0.717, 1.165) is 10.6 Å². The lowest BCUT2D eigenvalue weighted by atomic mass is 10.0. The van der Waals surface area contributed by atoms with E-state index in [0.29, 0.717) is 17.7 Å². The number of nitrogens with one attached hydrogen (secondary N) is 1. The van der Waals surface area contributed by atoms with Crippen molar-refractivity contribution in [3.05, 3.63) is 40.9 Å². The van der Waals surface area contributed by atoms with Crippen LogP contribution in [0.1, 0.15) is 29.4 Å². The lowest BCUT2D eigenvalue weighted by Crippen LogP contribution is -2.47. The third-order valence-electron chi connectivity index (χ3n) is 4.02. The number of nitrogens with zero attached hydrogens (tertiary/aromatic N) is 1. The highest BCUT2D eigenvalue weighted by Crippen LogP contribution is 2.25. The average molecular weight is 350 g/mol. The summed E-state index contributed by atoms with van der Waals surface area (Å²) in [5, 5.41) is 4.85. The van der Waals surface area contributed by atoms with Crippen molar-refractivity contribution in [3.63, 3.8) is 0 Å². The molecule has 7 heteroatoms. The normalized spacial score (nSPS) is 22.9. The zero-order valence-corrected chi connectivity index (χ0v) is 14.6. The highest BCUT2D eigenvalue weighted by atomic mass is 32.2. The Morgan fingerprint density at radius 3 is 2.70 bits per heavy atom. The van der Waals surface area contributed by atoms with Crippen molar-refractivity contribution >= 4 is 27.1 Å².